The van der Waals surface area contributed by atoms with E-state index in [9.17, 15) is 0 Å². The summed E-state index contributed by atoms with van der Waals surface area (Å²) in [6, 6.07) is 8.15. The first-order chi connectivity index (χ1) is 7.78. The minimum atomic E-state index is 0.200. The van der Waals surface area contributed by atoms with Crippen LogP contribution in [-0.2, 0) is 6.54 Å². The van der Waals surface area contributed by atoms with Gasteiger partial charge in [0, 0.05) is 37.2 Å². The molecule has 2 rings (SSSR count). The van der Waals surface area contributed by atoms with E-state index in [1.165, 1.54) is 5.56 Å². The van der Waals surface area contributed by atoms with Gasteiger partial charge in [-0.15, -0.1) is 0 Å². The van der Waals surface area contributed by atoms with Gasteiger partial charge in [0.1, 0.15) is 0 Å². The first-order valence-electron chi connectivity index (χ1n) is 5.59. The summed E-state index contributed by atoms with van der Waals surface area (Å²) in [5, 5.41) is 13.2. The Hall–Kier alpha value is -0.610. The van der Waals surface area contributed by atoms with Gasteiger partial charge in [-0.3, -0.25) is 4.90 Å². The third-order valence-electron chi connectivity index (χ3n) is 2.86. The van der Waals surface area contributed by atoms with Crippen LogP contribution >= 0.6 is 11.6 Å². The molecule has 88 valence electrons. The highest BCUT2D eigenvalue weighted by atomic mass is 35.5. The molecule has 1 atom stereocenters. The van der Waals surface area contributed by atoms with Crippen LogP contribution in [0.2, 0.25) is 5.02 Å². The predicted molar refractivity (Wildman–Crippen MR) is 65.6 cm³/mol. The molecule has 0 radical (unpaired) electrons. The lowest BCUT2D eigenvalue weighted by Gasteiger charge is -2.32. The van der Waals surface area contributed by atoms with Crippen LogP contribution in [0.5, 0.6) is 0 Å². The van der Waals surface area contributed by atoms with E-state index in [1.807, 2.05) is 18.2 Å². The second-order valence-electron chi connectivity index (χ2n) is 4.20. The topological polar surface area (TPSA) is 35.5 Å². The lowest BCUT2D eigenvalue weighted by Crippen LogP contribution is -2.51. The van der Waals surface area contributed by atoms with Gasteiger partial charge in [0.05, 0.1) is 6.61 Å². The molecule has 1 heterocycles. The summed E-state index contributed by atoms with van der Waals surface area (Å²) in [5.41, 5.74) is 1.23. The molecule has 1 aromatic carbocycles. The fraction of sp³-hybridized carbons (Fsp3) is 0.500. The van der Waals surface area contributed by atoms with Crippen LogP contribution in [0.3, 0.4) is 0 Å². The van der Waals surface area contributed by atoms with Crippen molar-refractivity contribution in [3.8, 4) is 0 Å². The standard InChI is InChI=1S/C12H17ClN2O/c13-11-3-1-2-10(6-11)7-15-5-4-14-12(8-15)9-16/h1-3,6,12,14,16H,4-5,7-9H2. The Morgan fingerprint density at radius 3 is 3.12 bits per heavy atom. The van der Waals surface area contributed by atoms with Gasteiger partial charge < -0.3 is 10.4 Å². The molecule has 2 N–H and O–H groups in total. The normalized spacial score (nSPS) is 22.2. The lowest BCUT2D eigenvalue weighted by molar-refractivity contribution is 0.143. The van der Waals surface area contributed by atoms with Crippen molar-refractivity contribution in [2.75, 3.05) is 26.2 Å². The smallest absolute Gasteiger partial charge is 0.0597 e. The van der Waals surface area contributed by atoms with Crippen molar-refractivity contribution in [2.45, 2.75) is 12.6 Å². The summed E-state index contributed by atoms with van der Waals surface area (Å²) < 4.78 is 0. The molecule has 3 nitrogen and oxygen atoms in total. The molecule has 0 spiro atoms. The first kappa shape index (κ1) is 11.9. The maximum absolute atomic E-state index is 9.11. The molecular weight excluding hydrogens is 224 g/mol. The molecule has 0 aromatic heterocycles. The average molecular weight is 241 g/mol. The van der Waals surface area contributed by atoms with Crippen LogP contribution < -0.4 is 5.32 Å². The highest BCUT2D eigenvalue weighted by Gasteiger charge is 2.18. The zero-order valence-corrected chi connectivity index (χ0v) is 9.95. The van der Waals surface area contributed by atoms with Crippen molar-refractivity contribution in [2.24, 2.45) is 0 Å². The number of hydrogen-bond donors (Lipinski definition) is 2. The largest absolute Gasteiger partial charge is 0.395 e. The highest BCUT2D eigenvalue weighted by Crippen LogP contribution is 2.13. The van der Waals surface area contributed by atoms with Crippen molar-refractivity contribution in [1.29, 1.82) is 0 Å². The van der Waals surface area contributed by atoms with Gasteiger partial charge in [-0.25, -0.2) is 0 Å². The van der Waals surface area contributed by atoms with Crippen LogP contribution in [-0.4, -0.2) is 42.3 Å². The van der Waals surface area contributed by atoms with Gasteiger partial charge in [0.15, 0.2) is 0 Å². The summed E-state index contributed by atoms with van der Waals surface area (Å²) in [5.74, 6) is 0. The fourth-order valence-corrected chi connectivity index (χ4v) is 2.27. The molecule has 1 aromatic rings. The van der Waals surface area contributed by atoms with E-state index in [0.29, 0.717) is 0 Å². The van der Waals surface area contributed by atoms with E-state index in [4.69, 9.17) is 16.7 Å². The Morgan fingerprint density at radius 2 is 2.38 bits per heavy atom. The number of nitrogens with zero attached hydrogens (tertiary/aromatic N) is 1. The van der Waals surface area contributed by atoms with E-state index >= 15 is 0 Å². The Balaban J connectivity index is 1.94. The van der Waals surface area contributed by atoms with Crippen molar-refractivity contribution in [3.05, 3.63) is 34.9 Å². The van der Waals surface area contributed by atoms with Crippen LogP contribution in [0.1, 0.15) is 5.56 Å². The van der Waals surface area contributed by atoms with Gasteiger partial charge in [0.25, 0.3) is 0 Å². The average Bonchev–Trinajstić information content (AvgIpc) is 2.29. The van der Waals surface area contributed by atoms with Crippen molar-refractivity contribution in [3.63, 3.8) is 0 Å². The van der Waals surface area contributed by atoms with Crippen LogP contribution in [0, 0.1) is 0 Å². The number of aliphatic hydroxyl groups excluding tert-OH is 1. The Bertz CT molecular complexity index is 346. The summed E-state index contributed by atoms with van der Waals surface area (Å²) in [6.45, 7) is 3.95. The molecule has 1 unspecified atom stereocenters. The maximum Gasteiger partial charge on any atom is 0.0597 e. The van der Waals surface area contributed by atoms with Gasteiger partial charge >= 0.3 is 0 Å². The molecule has 0 saturated carbocycles. The van der Waals surface area contributed by atoms with Crippen LogP contribution in [0.25, 0.3) is 0 Å². The van der Waals surface area contributed by atoms with Gasteiger partial charge in [-0.05, 0) is 17.7 Å². The van der Waals surface area contributed by atoms with Gasteiger partial charge in [0.2, 0.25) is 0 Å². The SMILES string of the molecule is OCC1CN(Cc2cccc(Cl)c2)CCN1. The third kappa shape index (κ3) is 3.19. The lowest BCUT2D eigenvalue weighted by atomic mass is 10.1. The van der Waals surface area contributed by atoms with Crippen LogP contribution in [0.15, 0.2) is 24.3 Å². The summed E-state index contributed by atoms with van der Waals surface area (Å²) in [6.07, 6.45) is 0. The third-order valence-corrected chi connectivity index (χ3v) is 3.09. The number of nitrogens with one attached hydrogen (secondary N) is 1. The Kier molecular flexibility index (Phi) is 4.18. The zero-order valence-electron chi connectivity index (χ0n) is 9.19. The van der Waals surface area contributed by atoms with Gasteiger partial charge in [-0.2, -0.15) is 0 Å². The number of piperazine rings is 1. The minimum absolute atomic E-state index is 0.200. The number of halogens is 1. The van der Waals surface area contributed by atoms with Crippen molar-refractivity contribution in [1.82, 2.24) is 10.2 Å². The number of hydrogen-bond acceptors (Lipinski definition) is 3. The van der Waals surface area contributed by atoms with Crippen LogP contribution in [0.4, 0.5) is 0 Å². The van der Waals surface area contributed by atoms with E-state index in [1.54, 1.807) is 0 Å². The predicted octanol–water partition coefficient (Wildman–Crippen LogP) is 1.11. The highest BCUT2D eigenvalue weighted by molar-refractivity contribution is 6.30. The number of aliphatic hydroxyl groups is 1. The second kappa shape index (κ2) is 5.64. The molecule has 16 heavy (non-hydrogen) atoms. The van der Waals surface area contributed by atoms with E-state index in [2.05, 4.69) is 16.3 Å². The molecule has 1 saturated heterocycles. The molecule has 0 bridgehead atoms. The molecule has 1 aliphatic rings. The van der Waals surface area contributed by atoms with Crippen molar-refractivity contribution < 1.29 is 5.11 Å². The Morgan fingerprint density at radius 1 is 1.50 bits per heavy atom. The molecule has 1 aliphatic heterocycles. The van der Waals surface area contributed by atoms with Crippen molar-refractivity contribution >= 4 is 11.6 Å². The van der Waals surface area contributed by atoms with E-state index in [-0.39, 0.29) is 12.6 Å². The van der Waals surface area contributed by atoms with E-state index < -0.39 is 0 Å². The second-order valence-corrected chi connectivity index (χ2v) is 4.64. The number of benzene rings is 1. The summed E-state index contributed by atoms with van der Waals surface area (Å²) >= 11 is 5.95. The summed E-state index contributed by atoms with van der Waals surface area (Å²) in [4.78, 5) is 2.34. The number of rotatable bonds is 3. The molecule has 0 amide bonds. The molecular formula is C12H17ClN2O. The fourth-order valence-electron chi connectivity index (χ4n) is 2.05. The monoisotopic (exact) mass is 240 g/mol. The minimum Gasteiger partial charge on any atom is -0.395 e. The first-order valence-corrected chi connectivity index (χ1v) is 5.97. The quantitative estimate of drug-likeness (QED) is 0.831. The molecule has 0 aliphatic carbocycles. The summed E-state index contributed by atoms with van der Waals surface area (Å²) in [7, 11) is 0. The van der Waals surface area contributed by atoms with Gasteiger partial charge in [-0.1, -0.05) is 23.7 Å². The molecule has 1 fully saturated rings. The maximum atomic E-state index is 9.11. The molecule has 4 heteroatoms. The Labute approximate surface area is 101 Å². The zero-order chi connectivity index (χ0) is 11.4. The van der Waals surface area contributed by atoms with E-state index in [0.717, 1.165) is 31.2 Å².